The van der Waals surface area contributed by atoms with E-state index in [1.54, 1.807) is 12.1 Å². The third-order valence-electron chi connectivity index (χ3n) is 6.77. The first-order valence-corrected chi connectivity index (χ1v) is 15.2. The van der Waals surface area contributed by atoms with Crippen LogP contribution in [0.1, 0.15) is 102 Å². The number of ether oxygens (including phenoxy) is 2. The highest BCUT2D eigenvalue weighted by atomic mass is 127. The molecule has 1 N–H and O–H groups in total. The molecule has 0 bridgehead atoms. The molecule has 0 saturated carbocycles. The normalized spacial score (nSPS) is 10.6. The van der Waals surface area contributed by atoms with Crippen LogP contribution in [0, 0.1) is 0 Å². The fourth-order valence-corrected chi connectivity index (χ4v) is 4.74. The van der Waals surface area contributed by atoms with E-state index < -0.39 is 0 Å². The number of pyridine rings is 1. The fourth-order valence-electron chi connectivity index (χ4n) is 4.51. The van der Waals surface area contributed by atoms with Gasteiger partial charge in [-0.15, -0.1) is 0 Å². The van der Waals surface area contributed by atoms with Gasteiger partial charge in [0.1, 0.15) is 18.5 Å². The average molecular weight is 673 g/mol. The van der Waals surface area contributed by atoms with E-state index in [9.17, 15) is 4.79 Å². The molecule has 1 aromatic carbocycles. The molecule has 220 valence electrons. The minimum Gasteiger partial charge on any atom is -1.00 e. The van der Waals surface area contributed by atoms with E-state index in [0.717, 1.165) is 12.8 Å². The maximum atomic E-state index is 12.1. The number of hydrogen-bond donors (Lipinski definition) is 1. The van der Waals surface area contributed by atoms with Gasteiger partial charge in [-0.2, -0.15) is 0 Å². The Labute approximate surface area is 259 Å². The van der Waals surface area contributed by atoms with Crippen LogP contribution in [0.3, 0.4) is 0 Å². The van der Waals surface area contributed by atoms with Gasteiger partial charge in [0.2, 0.25) is 0 Å². The lowest BCUT2D eigenvalue weighted by Gasteiger charge is -2.11. The predicted octanol–water partition coefficient (Wildman–Crippen LogP) is 4.77. The Bertz CT molecular complexity index is 913. The lowest BCUT2D eigenvalue weighted by molar-refractivity contribution is -0.671. The number of carbonyl (C=O) groups is 1. The molecule has 0 aliphatic heterocycles. The van der Waals surface area contributed by atoms with Crippen molar-refractivity contribution in [1.82, 2.24) is 5.32 Å². The summed E-state index contributed by atoms with van der Waals surface area (Å²) in [6.07, 6.45) is 23.6. The van der Waals surface area contributed by atoms with Crippen molar-refractivity contribution in [1.29, 1.82) is 0 Å². The van der Waals surface area contributed by atoms with Gasteiger partial charge in [0, 0.05) is 24.2 Å². The Balaban J connectivity index is 0.00000760. The number of aromatic nitrogens is 1. The highest BCUT2D eigenvalue weighted by Gasteiger charge is 2.07. The smallest absolute Gasteiger partial charge is 0.257 e. The van der Waals surface area contributed by atoms with E-state index >= 15 is 0 Å². The zero-order valence-corrected chi connectivity index (χ0v) is 27.1. The molecule has 0 radical (unpaired) electrons. The van der Waals surface area contributed by atoms with Crippen LogP contribution in [0.15, 0.2) is 42.7 Å². The van der Waals surface area contributed by atoms with Gasteiger partial charge in [-0.25, -0.2) is 4.57 Å². The molecule has 5 nitrogen and oxygen atoms in total. The van der Waals surface area contributed by atoms with Crippen LogP contribution < -0.4 is 43.3 Å². The molecule has 1 aromatic heterocycles. The van der Waals surface area contributed by atoms with Crippen LogP contribution in [-0.2, 0) is 18.3 Å². The molecular weight excluding hydrogens is 623 g/mol. The van der Waals surface area contributed by atoms with E-state index in [4.69, 9.17) is 21.1 Å². The summed E-state index contributed by atoms with van der Waals surface area (Å²) in [6, 6.07) is 9.36. The van der Waals surface area contributed by atoms with Gasteiger partial charge in [-0.3, -0.25) is 4.79 Å². The summed E-state index contributed by atoms with van der Waals surface area (Å²) < 4.78 is 13.5. The zero-order valence-electron chi connectivity index (χ0n) is 24.2. The second kappa shape index (κ2) is 23.2. The maximum Gasteiger partial charge on any atom is 0.257 e. The standard InChI is InChI=1S/C32H49ClN2O3.HI/c1-3-4-5-6-7-8-9-10-11-12-13-14-15-16-24-37-31-20-19-29(25-30(31)33)38-27-32(36)34-22-21-28-18-17-23-35(2)26-28;/h17-20,23,25-26H,3-16,21-22,24,27H2,1-2H3;1H. The number of nitrogens with one attached hydrogen (secondary N) is 1. The van der Waals surface area contributed by atoms with E-state index in [1.165, 1.54) is 89.0 Å². The molecule has 0 saturated heterocycles. The molecule has 0 fully saturated rings. The SMILES string of the molecule is CCCCCCCCCCCCCCCCOc1ccc(OCC(=O)NCCc2ccc[n+](C)c2)cc1Cl.[I-]. The van der Waals surface area contributed by atoms with Gasteiger partial charge in [-0.05, 0) is 31.0 Å². The Morgan fingerprint density at radius 2 is 1.49 bits per heavy atom. The Morgan fingerprint density at radius 1 is 0.872 bits per heavy atom. The molecule has 0 spiro atoms. The molecule has 7 heteroatoms. The fraction of sp³-hybridized carbons (Fsp3) is 0.625. The summed E-state index contributed by atoms with van der Waals surface area (Å²) in [6.45, 7) is 3.47. The third-order valence-corrected chi connectivity index (χ3v) is 7.06. The van der Waals surface area contributed by atoms with Crippen molar-refractivity contribution in [2.24, 2.45) is 7.05 Å². The summed E-state index contributed by atoms with van der Waals surface area (Å²) in [7, 11) is 1.98. The quantitative estimate of drug-likeness (QED) is 0.112. The van der Waals surface area contributed by atoms with Crippen molar-refractivity contribution in [3.8, 4) is 11.5 Å². The van der Waals surface area contributed by atoms with E-state index in [-0.39, 0.29) is 36.5 Å². The molecule has 39 heavy (non-hydrogen) atoms. The maximum absolute atomic E-state index is 12.1. The summed E-state index contributed by atoms with van der Waals surface area (Å²) in [5.74, 6) is 1.07. The summed E-state index contributed by atoms with van der Waals surface area (Å²) >= 11 is 6.37. The topological polar surface area (TPSA) is 51.4 Å². The molecular formula is C32H50ClIN2O3. The van der Waals surface area contributed by atoms with Gasteiger partial charge >= 0.3 is 0 Å². The average Bonchev–Trinajstić information content (AvgIpc) is 2.90. The number of rotatable bonds is 22. The molecule has 0 atom stereocenters. The van der Waals surface area contributed by atoms with Crippen molar-refractivity contribution < 1.29 is 42.8 Å². The number of nitrogens with zero attached hydrogens (tertiary/aromatic N) is 1. The Kier molecular flexibility index (Phi) is 21.1. The van der Waals surface area contributed by atoms with E-state index in [0.29, 0.717) is 29.7 Å². The summed E-state index contributed by atoms with van der Waals surface area (Å²) in [4.78, 5) is 12.1. The van der Waals surface area contributed by atoms with Gasteiger partial charge < -0.3 is 38.8 Å². The number of halogens is 2. The first kappa shape index (κ1) is 35.5. The Hall–Kier alpha value is -1.54. The third kappa shape index (κ3) is 17.7. The van der Waals surface area contributed by atoms with Gasteiger partial charge in [0.25, 0.3) is 5.91 Å². The van der Waals surface area contributed by atoms with Crippen LogP contribution in [0.25, 0.3) is 0 Å². The molecule has 0 aliphatic rings. The van der Waals surface area contributed by atoms with Crippen molar-refractivity contribution >= 4 is 17.5 Å². The minimum atomic E-state index is -0.153. The highest BCUT2D eigenvalue weighted by Crippen LogP contribution is 2.29. The molecule has 0 aliphatic carbocycles. The van der Waals surface area contributed by atoms with Crippen LogP contribution >= 0.6 is 11.6 Å². The van der Waals surface area contributed by atoms with Gasteiger partial charge in [0.15, 0.2) is 19.0 Å². The molecule has 1 amide bonds. The van der Waals surface area contributed by atoms with Crippen molar-refractivity contribution in [2.45, 2.75) is 103 Å². The predicted molar refractivity (Wildman–Crippen MR) is 157 cm³/mol. The van der Waals surface area contributed by atoms with Crippen molar-refractivity contribution in [3.63, 3.8) is 0 Å². The number of unbranched alkanes of at least 4 members (excludes halogenated alkanes) is 13. The lowest BCUT2D eigenvalue weighted by atomic mass is 10.0. The van der Waals surface area contributed by atoms with Gasteiger partial charge in [-0.1, -0.05) is 102 Å². The van der Waals surface area contributed by atoms with Crippen LogP contribution in [0.2, 0.25) is 5.02 Å². The largest absolute Gasteiger partial charge is 1.00 e. The number of amides is 1. The molecule has 2 aromatic rings. The van der Waals surface area contributed by atoms with E-state index in [1.807, 2.05) is 42.2 Å². The first-order valence-electron chi connectivity index (χ1n) is 14.8. The second-order valence-corrected chi connectivity index (χ2v) is 10.7. The molecule has 0 unspecified atom stereocenters. The van der Waals surface area contributed by atoms with Crippen molar-refractivity contribution in [3.05, 3.63) is 53.3 Å². The number of carbonyl (C=O) groups excluding carboxylic acids is 1. The van der Waals surface area contributed by atoms with Crippen LogP contribution in [0.5, 0.6) is 11.5 Å². The summed E-state index contributed by atoms with van der Waals surface area (Å²) in [5, 5.41) is 3.39. The first-order chi connectivity index (χ1) is 18.6. The molecule has 2 rings (SSSR count). The second-order valence-electron chi connectivity index (χ2n) is 10.3. The number of aryl methyl sites for hydroxylation is 1. The zero-order chi connectivity index (χ0) is 27.3. The summed E-state index contributed by atoms with van der Waals surface area (Å²) in [5.41, 5.74) is 1.17. The highest BCUT2D eigenvalue weighted by molar-refractivity contribution is 6.32. The van der Waals surface area contributed by atoms with Crippen LogP contribution in [-0.4, -0.2) is 25.7 Å². The van der Waals surface area contributed by atoms with E-state index in [2.05, 4.69) is 12.2 Å². The minimum absolute atomic E-state index is 0. The molecule has 1 heterocycles. The number of hydrogen-bond acceptors (Lipinski definition) is 3. The number of benzene rings is 1. The van der Waals surface area contributed by atoms with Crippen molar-refractivity contribution in [2.75, 3.05) is 19.8 Å². The Morgan fingerprint density at radius 3 is 2.08 bits per heavy atom. The van der Waals surface area contributed by atoms with Crippen LogP contribution in [0.4, 0.5) is 0 Å². The monoisotopic (exact) mass is 672 g/mol. The lowest BCUT2D eigenvalue weighted by Crippen LogP contribution is -3.00. The van der Waals surface area contributed by atoms with Gasteiger partial charge in [0.05, 0.1) is 11.6 Å².